The van der Waals surface area contributed by atoms with Crippen LogP contribution in [0.3, 0.4) is 0 Å². The van der Waals surface area contributed by atoms with Crippen LogP contribution in [0.1, 0.15) is 33.6 Å². The maximum atomic E-state index is 12.4. The maximum absolute atomic E-state index is 12.4. The van der Waals surface area contributed by atoms with E-state index in [1.165, 1.54) is 12.8 Å². The molecule has 1 aliphatic heterocycles. The van der Waals surface area contributed by atoms with Crippen LogP contribution >= 0.6 is 0 Å². The van der Waals surface area contributed by atoms with Crippen LogP contribution in [0.15, 0.2) is 0 Å². The average molecular weight is 298 g/mol. The number of piperazine rings is 1. The molecule has 2 fully saturated rings. The van der Waals surface area contributed by atoms with Gasteiger partial charge < -0.3 is 14.4 Å². The molecule has 0 aromatic heterocycles. The highest BCUT2D eigenvalue weighted by atomic mass is 16.5. The van der Waals surface area contributed by atoms with Gasteiger partial charge in [0.2, 0.25) is 0 Å². The molecule has 1 saturated carbocycles. The van der Waals surface area contributed by atoms with E-state index >= 15 is 0 Å². The summed E-state index contributed by atoms with van der Waals surface area (Å²) in [6.45, 7) is 11.8. The second-order valence-corrected chi connectivity index (χ2v) is 6.29. The Balaban J connectivity index is 1.70. The Morgan fingerprint density at radius 1 is 1.33 bits per heavy atom. The summed E-state index contributed by atoms with van der Waals surface area (Å²) in [7, 11) is 0. The second-order valence-electron chi connectivity index (χ2n) is 6.29. The lowest BCUT2D eigenvalue weighted by molar-refractivity contribution is -0.146. The first-order valence-corrected chi connectivity index (χ1v) is 8.34. The van der Waals surface area contributed by atoms with Crippen LogP contribution in [0.2, 0.25) is 0 Å². The zero-order chi connectivity index (χ0) is 15.2. The predicted octanol–water partition coefficient (Wildman–Crippen LogP) is 1.37. The van der Waals surface area contributed by atoms with E-state index in [-0.39, 0.29) is 12.0 Å². The summed E-state index contributed by atoms with van der Waals surface area (Å²) in [6, 6.07) is 0.388. The van der Waals surface area contributed by atoms with Crippen LogP contribution in [-0.2, 0) is 14.3 Å². The largest absolute Gasteiger partial charge is 0.380 e. The molecule has 0 aromatic rings. The molecular formula is C16H30N2O3. The molecule has 2 rings (SSSR count). The summed E-state index contributed by atoms with van der Waals surface area (Å²) in [5.41, 5.74) is 0. The number of carbonyl (C=O) groups excluding carboxylic acids is 1. The molecule has 0 aromatic carbocycles. The molecule has 2 atom stereocenters. The van der Waals surface area contributed by atoms with Crippen molar-refractivity contribution in [2.24, 2.45) is 5.92 Å². The van der Waals surface area contributed by atoms with Crippen molar-refractivity contribution in [3.8, 4) is 0 Å². The normalized spacial score (nSPS) is 25.1. The summed E-state index contributed by atoms with van der Waals surface area (Å²) in [5, 5.41) is 0. The minimum Gasteiger partial charge on any atom is -0.380 e. The molecule has 1 aliphatic carbocycles. The van der Waals surface area contributed by atoms with Crippen molar-refractivity contribution < 1.29 is 14.3 Å². The van der Waals surface area contributed by atoms with Gasteiger partial charge in [-0.25, -0.2) is 0 Å². The molecule has 1 saturated heterocycles. The Bertz CT molecular complexity index is 333. The first kappa shape index (κ1) is 16.7. The van der Waals surface area contributed by atoms with Gasteiger partial charge in [-0.2, -0.15) is 0 Å². The van der Waals surface area contributed by atoms with E-state index in [2.05, 4.69) is 11.8 Å². The number of rotatable bonds is 8. The van der Waals surface area contributed by atoms with Crippen LogP contribution < -0.4 is 0 Å². The molecular weight excluding hydrogens is 268 g/mol. The van der Waals surface area contributed by atoms with Crippen molar-refractivity contribution >= 4 is 5.91 Å². The Labute approximate surface area is 128 Å². The van der Waals surface area contributed by atoms with Gasteiger partial charge in [-0.1, -0.05) is 0 Å². The molecule has 1 amide bonds. The van der Waals surface area contributed by atoms with Gasteiger partial charge in [0, 0.05) is 38.8 Å². The lowest BCUT2D eigenvalue weighted by Crippen LogP contribution is -2.56. The minimum atomic E-state index is -0.298. The first-order valence-electron chi connectivity index (χ1n) is 8.34. The lowest BCUT2D eigenvalue weighted by atomic mass is 10.1. The van der Waals surface area contributed by atoms with E-state index in [0.29, 0.717) is 12.0 Å². The molecule has 0 unspecified atom stereocenters. The van der Waals surface area contributed by atoms with E-state index in [9.17, 15) is 4.79 Å². The van der Waals surface area contributed by atoms with Gasteiger partial charge in [-0.3, -0.25) is 9.69 Å². The Kier molecular flexibility index (Phi) is 6.45. The van der Waals surface area contributed by atoms with Crippen LogP contribution in [0.25, 0.3) is 0 Å². The van der Waals surface area contributed by atoms with Gasteiger partial charge in [0.15, 0.2) is 0 Å². The van der Waals surface area contributed by atoms with Gasteiger partial charge >= 0.3 is 0 Å². The predicted molar refractivity (Wildman–Crippen MR) is 82.2 cm³/mol. The van der Waals surface area contributed by atoms with E-state index in [1.54, 1.807) is 0 Å². The summed E-state index contributed by atoms with van der Waals surface area (Å²) in [5.74, 6) is 0.849. The smallest absolute Gasteiger partial charge is 0.251 e. The zero-order valence-electron chi connectivity index (χ0n) is 13.7. The van der Waals surface area contributed by atoms with Crippen LogP contribution in [-0.4, -0.2) is 73.9 Å². The first-order chi connectivity index (χ1) is 10.1. The molecule has 1 heterocycles. The second kappa shape index (κ2) is 8.11. The van der Waals surface area contributed by atoms with Crippen molar-refractivity contribution in [1.82, 2.24) is 9.80 Å². The highest BCUT2D eigenvalue weighted by Crippen LogP contribution is 2.29. The van der Waals surface area contributed by atoms with Crippen LogP contribution in [0.5, 0.6) is 0 Å². The van der Waals surface area contributed by atoms with E-state index in [0.717, 1.165) is 46.0 Å². The van der Waals surface area contributed by atoms with Crippen molar-refractivity contribution in [2.75, 3.05) is 46.0 Å². The standard InChI is InChI=1S/C16H30N2O3/c1-4-20-10-9-17-7-8-18(11-13(17)2)16(19)14(3)21-12-15-5-6-15/h13-15H,4-12H2,1-3H3/t13-,14-/m1/s1. The van der Waals surface area contributed by atoms with E-state index in [1.807, 2.05) is 18.7 Å². The topological polar surface area (TPSA) is 42.0 Å². The van der Waals surface area contributed by atoms with Gasteiger partial charge in [0.1, 0.15) is 6.10 Å². The van der Waals surface area contributed by atoms with Crippen LogP contribution in [0.4, 0.5) is 0 Å². The molecule has 5 heteroatoms. The van der Waals surface area contributed by atoms with Crippen molar-refractivity contribution in [3.05, 3.63) is 0 Å². The zero-order valence-corrected chi connectivity index (χ0v) is 13.7. The van der Waals surface area contributed by atoms with Crippen molar-refractivity contribution in [1.29, 1.82) is 0 Å². The number of nitrogens with zero attached hydrogens (tertiary/aromatic N) is 2. The van der Waals surface area contributed by atoms with E-state index < -0.39 is 0 Å². The van der Waals surface area contributed by atoms with Gasteiger partial charge in [-0.05, 0) is 39.5 Å². The molecule has 122 valence electrons. The maximum Gasteiger partial charge on any atom is 0.251 e. The molecule has 0 radical (unpaired) electrons. The molecule has 5 nitrogen and oxygen atoms in total. The van der Waals surface area contributed by atoms with Gasteiger partial charge in [0.05, 0.1) is 13.2 Å². The van der Waals surface area contributed by atoms with E-state index in [4.69, 9.17) is 9.47 Å². The summed E-state index contributed by atoms with van der Waals surface area (Å²) in [4.78, 5) is 16.8. The third-order valence-corrected chi connectivity index (χ3v) is 4.43. The quantitative estimate of drug-likeness (QED) is 0.635. The van der Waals surface area contributed by atoms with Crippen LogP contribution in [0, 0.1) is 5.92 Å². The Hall–Kier alpha value is -0.650. The molecule has 0 spiro atoms. The number of ether oxygens (including phenoxy) is 2. The SMILES string of the molecule is CCOCCN1CCN(C(=O)[C@@H](C)OCC2CC2)C[C@H]1C. The van der Waals surface area contributed by atoms with Crippen molar-refractivity contribution in [3.63, 3.8) is 0 Å². The molecule has 0 N–H and O–H groups in total. The monoisotopic (exact) mass is 298 g/mol. The van der Waals surface area contributed by atoms with Crippen molar-refractivity contribution in [2.45, 2.75) is 45.8 Å². The fourth-order valence-electron chi connectivity index (χ4n) is 2.75. The summed E-state index contributed by atoms with van der Waals surface area (Å²) >= 11 is 0. The summed E-state index contributed by atoms with van der Waals surface area (Å²) < 4.78 is 11.1. The van der Waals surface area contributed by atoms with Gasteiger partial charge in [-0.15, -0.1) is 0 Å². The third kappa shape index (κ3) is 5.24. The number of carbonyl (C=O) groups is 1. The Morgan fingerprint density at radius 3 is 2.71 bits per heavy atom. The number of hydrogen-bond acceptors (Lipinski definition) is 4. The fraction of sp³-hybridized carbons (Fsp3) is 0.938. The molecule has 0 bridgehead atoms. The molecule has 2 aliphatic rings. The summed E-state index contributed by atoms with van der Waals surface area (Å²) in [6.07, 6.45) is 2.22. The number of hydrogen-bond donors (Lipinski definition) is 0. The number of amides is 1. The highest BCUT2D eigenvalue weighted by Gasteiger charge is 2.30. The average Bonchev–Trinajstić information content (AvgIpc) is 3.30. The molecule has 21 heavy (non-hydrogen) atoms. The van der Waals surface area contributed by atoms with Gasteiger partial charge in [0.25, 0.3) is 5.91 Å². The lowest BCUT2D eigenvalue weighted by Gasteiger charge is -2.40. The fourth-order valence-corrected chi connectivity index (χ4v) is 2.75. The Morgan fingerprint density at radius 2 is 2.10 bits per heavy atom. The minimum absolute atomic E-state index is 0.145. The highest BCUT2D eigenvalue weighted by molar-refractivity contribution is 5.80. The third-order valence-electron chi connectivity index (χ3n) is 4.43.